The van der Waals surface area contributed by atoms with Crippen LogP contribution < -0.4 is 10.2 Å². The molecule has 1 aromatic carbocycles. The Bertz CT molecular complexity index is 465. The van der Waals surface area contributed by atoms with E-state index in [1.165, 1.54) is 0 Å². The van der Waals surface area contributed by atoms with Crippen molar-refractivity contribution in [3.63, 3.8) is 0 Å². The second kappa shape index (κ2) is 6.85. The van der Waals surface area contributed by atoms with Crippen LogP contribution in [0, 0.1) is 0 Å². The largest absolute Gasteiger partial charge is 0.472 e. The minimum Gasteiger partial charge on any atom is -0.472 e. The molecule has 1 heterocycles. The molecule has 0 saturated heterocycles. The molecule has 0 aliphatic rings. The van der Waals surface area contributed by atoms with Crippen molar-refractivity contribution in [2.75, 3.05) is 29.9 Å². The number of nitrogens with zero attached hydrogens (tertiary/aromatic N) is 1. The lowest BCUT2D eigenvalue weighted by atomic mass is 10.2. The number of hydrogen-bond donors (Lipinski definition) is 2. The van der Waals surface area contributed by atoms with Gasteiger partial charge in [0.15, 0.2) is 0 Å². The molecule has 0 fully saturated rings. The van der Waals surface area contributed by atoms with E-state index in [9.17, 15) is 0 Å². The van der Waals surface area contributed by atoms with Gasteiger partial charge in [-0.2, -0.15) is 0 Å². The Morgan fingerprint density at radius 3 is 2.58 bits per heavy atom. The van der Waals surface area contributed by atoms with E-state index in [0.29, 0.717) is 6.54 Å². The lowest BCUT2D eigenvalue weighted by Gasteiger charge is -2.22. The normalized spacial score (nSPS) is 10.4. The van der Waals surface area contributed by atoms with Crippen LogP contribution in [0.5, 0.6) is 0 Å². The Kier molecular flexibility index (Phi) is 4.86. The number of benzene rings is 1. The summed E-state index contributed by atoms with van der Waals surface area (Å²) >= 11 is 0. The first-order valence-corrected chi connectivity index (χ1v) is 6.54. The Morgan fingerprint density at radius 2 is 2.00 bits per heavy atom. The first kappa shape index (κ1) is 13.5. The third kappa shape index (κ3) is 3.76. The summed E-state index contributed by atoms with van der Waals surface area (Å²) in [5.74, 6) is 0. The van der Waals surface area contributed by atoms with Crippen molar-refractivity contribution >= 4 is 11.4 Å². The average molecular weight is 260 g/mol. The Balaban J connectivity index is 1.93. The van der Waals surface area contributed by atoms with Crippen molar-refractivity contribution in [2.24, 2.45) is 0 Å². The van der Waals surface area contributed by atoms with Gasteiger partial charge in [0.05, 0.1) is 19.1 Å². The molecule has 0 atom stereocenters. The Hall–Kier alpha value is -1.94. The first-order valence-electron chi connectivity index (χ1n) is 6.54. The van der Waals surface area contributed by atoms with Gasteiger partial charge in [0.25, 0.3) is 0 Å². The average Bonchev–Trinajstić information content (AvgIpc) is 2.96. The topological polar surface area (TPSA) is 48.6 Å². The summed E-state index contributed by atoms with van der Waals surface area (Å²) in [4.78, 5) is 2.14. The molecule has 4 heteroatoms. The van der Waals surface area contributed by atoms with E-state index in [1.54, 1.807) is 12.5 Å². The fraction of sp³-hybridized carbons (Fsp3) is 0.333. The van der Waals surface area contributed by atoms with Crippen molar-refractivity contribution in [2.45, 2.75) is 13.5 Å². The molecule has 19 heavy (non-hydrogen) atoms. The minimum absolute atomic E-state index is 0.175. The van der Waals surface area contributed by atoms with Crippen molar-refractivity contribution in [1.29, 1.82) is 0 Å². The molecule has 2 rings (SSSR count). The molecule has 0 aliphatic heterocycles. The molecule has 0 spiro atoms. The number of rotatable bonds is 7. The van der Waals surface area contributed by atoms with Gasteiger partial charge < -0.3 is 19.7 Å². The zero-order valence-corrected chi connectivity index (χ0v) is 11.2. The number of anilines is 2. The van der Waals surface area contributed by atoms with Crippen molar-refractivity contribution in [1.82, 2.24) is 0 Å². The number of aliphatic hydroxyl groups is 1. The van der Waals surface area contributed by atoms with Crippen molar-refractivity contribution in [3.8, 4) is 0 Å². The van der Waals surface area contributed by atoms with Gasteiger partial charge in [-0.25, -0.2) is 0 Å². The highest BCUT2D eigenvalue weighted by atomic mass is 16.3. The molecule has 0 saturated carbocycles. The summed E-state index contributed by atoms with van der Waals surface area (Å²) < 4.78 is 5.02. The highest BCUT2D eigenvalue weighted by molar-refractivity contribution is 5.55. The van der Waals surface area contributed by atoms with Crippen LogP contribution >= 0.6 is 0 Å². The predicted molar refractivity (Wildman–Crippen MR) is 77.4 cm³/mol. The van der Waals surface area contributed by atoms with Gasteiger partial charge in [-0.05, 0) is 37.3 Å². The van der Waals surface area contributed by atoms with Crippen LogP contribution in [0.25, 0.3) is 0 Å². The van der Waals surface area contributed by atoms with Crippen molar-refractivity contribution < 1.29 is 9.52 Å². The van der Waals surface area contributed by atoms with Crippen LogP contribution in [0.3, 0.4) is 0 Å². The Labute approximate surface area is 113 Å². The molecule has 2 N–H and O–H groups in total. The summed E-state index contributed by atoms with van der Waals surface area (Å²) in [7, 11) is 0. The van der Waals surface area contributed by atoms with Gasteiger partial charge in [-0.1, -0.05) is 0 Å². The van der Waals surface area contributed by atoms with Gasteiger partial charge in [0.2, 0.25) is 0 Å². The lowest BCUT2D eigenvalue weighted by molar-refractivity contribution is 0.302. The zero-order chi connectivity index (χ0) is 13.5. The van der Waals surface area contributed by atoms with Crippen LogP contribution in [0.1, 0.15) is 12.5 Å². The third-order valence-electron chi connectivity index (χ3n) is 3.06. The van der Waals surface area contributed by atoms with E-state index in [1.807, 2.05) is 6.07 Å². The van der Waals surface area contributed by atoms with Gasteiger partial charge in [0.1, 0.15) is 0 Å². The van der Waals surface area contributed by atoms with Gasteiger partial charge in [-0.15, -0.1) is 0 Å². The standard InChI is InChI=1S/C15H20N2O2/c1-2-17(8-9-18)15-5-3-14(4-6-15)16-11-13-7-10-19-12-13/h3-7,10,12,16,18H,2,8-9,11H2,1H3. The van der Waals surface area contributed by atoms with E-state index in [4.69, 9.17) is 9.52 Å². The molecule has 0 aliphatic carbocycles. The molecule has 1 aromatic heterocycles. The maximum absolute atomic E-state index is 9.01. The SMILES string of the molecule is CCN(CCO)c1ccc(NCc2ccoc2)cc1. The summed E-state index contributed by atoms with van der Waals surface area (Å²) in [5, 5.41) is 12.3. The molecule has 0 amide bonds. The molecule has 2 aromatic rings. The smallest absolute Gasteiger partial charge is 0.0952 e. The van der Waals surface area contributed by atoms with Gasteiger partial charge >= 0.3 is 0 Å². The van der Waals surface area contributed by atoms with Crippen LogP contribution in [-0.2, 0) is 6.54 Å². The molecule has 0 unspecified atom stereocenters. The fourth-order valence-corrected chi connectivity index (χ4v) is 1.98. The maximum Gasteiger partial charge on any atom is 0.0952 e. The fourth-order valence-electron chi connectivity index (χ4n) is 1.98. The zero-order valence-electron chi connectivity index (χ0n) is 11.2. The van der Waals surface area contributed by atoms with Crippen molar-refractivity contribution in [3.05, 3.63) is 48.4 Å². The number of hydrogen-bond acceptors (Lipinski definition) is 4. The number of nitrogens with one attached hydrogen (secondary N) is 1. The third-order valence-corrected chi connectivity index (χ3v) is 3.06. The highest BCUT2D eigenvalue weighted by Gasteiger charge is 2.03. The maximum atomic E-state index is 9.01. The van der Waals surface area contributed by atoms with Gasteiger partial charge in [-0.3, -0.25) is 0 Å². The van der Waals surface area contributed by atoms with E-state index < -0.39 is 0 Å². The second-order valence-corrected chi connectivity index (χ2v) is 4.34. The molecule has 0 radical (unpaired) electrons. The molecule has 0 bridgehead atoms. The van der Waals surface area contributed by atoms with Crippen LogP contribution in [0.15, 0.2) is 47.3 Å². The molecule has 102 valence electrons. The highest BCUT2D eigenvalue weighted by Crippen LogP contribution is 2.18. The summed E-state index contributed by atoms with van der Waals surface area (Å²) in [6.45, 7) is 4.57. The Morgan fingerprint density at radius 1 is 1.21 bits per heavy atom. The van der Waals surface area contributed by atoms with E-state index in [-0.39, 0.29) is 6.61 Å². The molecular formula is C15H20N2O2. The molecular weight excluding hydrogens is 240 g/mol. The second-order valence-electron chi connectivity index (χ2n) is 4.34. The van der Waals surface area contributed by atoms with Gasteiger partial charge in [0, 0.05) is 36.6 Å². The lowest BCUT2D eigenvalue weighted by Crippen LogP contribution is -2.25. The predicted octanol–water partition coefficient (Wildman–Crippen LogP) is 2.71. The summed E-state index contributed by atoms with van der Waals surface area (Å²) in [6, 6.07) is 10.2. The summed E-state index contributed by atoms with van der Waals surface area (Å²) in [6.07, 6.45) is 3.41. The van der Waals surface area contributed by atoms with Crippen LogP contribution in [0.2, 0.25) is 0 Å². The van der Waals surface area contributed by atoms with Crippen LogP contribution in [0.4, 0.5) is 11.4 Å². The van der Waals surface area contributed by atoms with E-state index in [2.05, 4.69) is 41.4 Å². The summed E-state index contributed by atoms with van der Waals surface area (Å²) in [5.41, 5.74) is 3.33. The van der Waals surface area contributed by atoms with E-state index >= 15 is 0 Å². The number of aliphatic hydroxyl groups excluding tert-OH is 1. The van der Waals surface area contributed by atoms with E-state index in [0.717, 1.165) is 30.0 Å². The first-order chi connectivity index (χ1) is 9.33. The monoisotopic (exact) mass is 260 g/mol. The molecule has 4 nitrogen and oxygen atoms in total. The van der Waals surface area contributed by atoms with Crippen LogP contribution in [-0.4, -0.2) is 24.8 Å². The minimum atomic E-state index is 0.175. The number of furan rings is 1. The quantitative estimate of drug-likeness (QED) is 0.803. The number of likely N-dealkylation sites (N-methyl/N-ethyl adjacent to an activating group) is 1.